The number of piperidine rings is 1. The van der Waals surface area contributed by atoms with Crippen molar-refractivity contribution >= 4 is 0 Å². The Morgan fingerprint density at radius 1 is 1.23 bits per heavy atom. The summed E-state index contributed by atoms with van der Waals surface area (Å²) in [6.07, 6.45) is 5.15. The highest BCUT2D eigenvalue weighted by Crippen LogP contribution is 2.35. The monoisotopic (exact) mass is 183 g/mol. The molecule has 0 saturated carbocycles. The molecule has 0 aliphatic carbocycles. The molecule has 0 amide bonds. The Kier molecular flexibility index (Phi) is 2.61. The van der Waals surface area contributed by atoms with Gasteiger partial charge in [0, 0.05) is 19.7 Å². The van der Waals surface area contributed by atoms with Gasteiger partial charge < -0.3 is 9.64 Å². The Morgan fingerprint density at radius 2 is 1.92 bits per heavy atom. The van der Waals surface area contributed by atoms with Crippen LogP contribution in [0.15, 0.2) is 0 Å². The normalized spacial score (nSPS) is 35.1. The van der Waals surface area contributed by atoms with Crippen LogP contribution in [0.1, 0.15) is 32.6 Å². The molecular formula is C11H21NO. The van der Waals surface area contributed by atoms with Crippen LogP contribution in [0, 0.1) is 5.92 Å². The van der Waals surface area contributed by atoms with E-state index in [9.17, 15) is 0 Å². The number of likely N-dealkylation sites (tertiary alicyclic amines) is 1. The zero-order valence-electron chi connectivity index (χ0n) is 8.88. The number of ether oxygens (including phenoxy) is 1. The molecule has 0 radical (unpaired) electrons. The van der Waals surface area contributed by atoms with Crippen LogP contribution >= 0.6 is 0 Å². The van der Waals surface area contributed by atoms with E-state index in [0.717, 1.165) is 12.5 Å². The average Bonchev–Trinajstić information content (AvgIpc) is 2.16. The molecule has 2 saturated heterocycles. The van der Waals surface area contributed by atoms with E-state index in [1.54, 1.807) is 0 Å². The summed E-state index contributed by atoms with van der Waals surface area (Å²) in [5.74, 6) is 0.783. The van der Waals surface area contributed by atoms with Crippen molar-refractivity contribution in [3.8, 4) is 0 Å². The highest BCUT2D eigenvalue weighted by atomic mass is 16.5. The van der Waals surface area contributed by atoms with Gasteiger partial charge in [-0.2, -0.15) is 0 Å². The number of hydrogen-bond acceptors (Lipinski definition) is 2. The summed E-state index contributed by atoms with van der Waals surface area (Å²) < 4.78 is 6.04. The minimum absolute atomic E-state index is 0.277. The lowest BCUT2D eigenvalue weighted by atomic mass is 9.82. The quantitative estimate of drug-likeness (QED) is 0.568. The van der Waals surface area contributed by atoms with Gasteiger partial charge in [-0.3, -0.25) is 0 Å². The molecule has 2 heteroatoms. The van der Waals surface area contributed by atoms with Crippen LogP contribution in [0.25, 0.3) is 0 Å². The molecule has 0 aromatic rings. The lowest BCUT2D eigenvalue weighted by Gasteiger charge is -2.44. The first-order valence-corrected chi connectivity index (χ1v) is 5.53. The molecular weight excluding hydrogens is 162 g/mol. The third-order valence-corrected chi connectivity index (χ3v) is 3.67. The third kappa shape index (κ3) is 2.05. The van der Waals surface area contributed by atoms with Gasteiger partial charge in [0.2, 0.25) is 0 Å². The lowest BCUT2D eigenvalue weighted by Crippen LogP contribution is -2.47. The second-order valence-electron chi connectivity index (χ2n) is 4.94. The zero-order chi connectivity index (χ0) is 9.31. The SMILES string of the molecule is C[C@@H]1CCC2(CCN(C)CC2)OC1. The van der Waals surface area contributed by atoms with Gasteiger partial charge in [-0.1, -0.05) is 6.92 Å². The van der Waals surface area contributed by atoms with Crippen molar-refractivity contribution in [3.63, 3.8) is 0 Å². The molecule has 2 aliphatic heterocycles. The van der Waals surface area contributed by atoms with E-state index in [2.05, 4.69) is 18.9 Å². The summed E-state index contributed by atoms with van der Waals surface area (Å²) in [6.45, 7) is 5.72. The number of hydrogen-bond donors (Lipinski definition) is 0. The predicted octanol–water partition coefficient (Wildman–Crippen LogP) is 1.90. The van der Waals surface area contributed by atoms with Gasteiger partial charge in [0.1, 0.15) is 0 Å². The summed E-state index contributed by atoms with van der Waals surface area (Å²) in [7, 11) is 2.21. The maximum atomic E-state index is 6.04. The largest absolute Gasteiger partial charge is 0.375 e. The zero-order valence-corrected chi connectivity index (χ0v) is 8.88. The van der Waals surface area contributed by atoms with Gasteiger partial charge in [0.25, 0.3) is 0 Å². The van der Waals surface area contributed by atoms with Crippen molar-refractivity contribution in [2.75, 3.05) is 26.7 Å². The number of rotatable bonds is 0. The van der Waals surface area contributed by atoms with Gasteiger partial charge >= 0.3 is 0 Å². The lowest BCUT2D eigenvalue weighted by molar-refractivity contribution is -0.124. The maximum absolute atomic E-state index is 6.04. The molecule has 1 atom stereocenters. The first-order chi connectivity index (χ1) is 6.20. The molecule has 2 nitrogen and oxygen atoms in total. The third-order valence-electron chi connectivity index (χ3n) is 3.67. The molecule has 13 heavy (non-hydrogen) atoms. The Labute approximate surface area is 81.3 Å². The summed E-state index contributed by atoms with van der Waals surface area (Å²) >= 11 is 0. The second kappa shape index (κ2) is 3.58. The van der Waals surface area contributed by atoms with E-state index in [0.29, 0.717) is 0 Å². The van der Waals surface area contributed by atoms with E-state index >= 15 is 0 Å². The molecule has 0 N–H and O–H groups in total. The van der Waals surface area contributed by atoms with E-state index in [1.165, 1.54) is 38.8 Å². The smallest absolute Gasteiger partial charge is 0.0707 e. The van der Waals surface area contributed by atoms with Gasteiger partial charge in [-0.25, -0.2) is 0 Å². The number of nitrogens with zero attached hydrogens (tertiary/aromatic N) is 1. The highest BCUT2D eigenvalue weighted by molar-refractivity contribution is 4.89. The van der Waals surface area contributed by atoms with Crippen LogP contribution in [0.2, 0.25) is 0 Å². The maximum Gasteiger partial charge on any atom is 0.0707 e. The fourth-order valence-electron chi connectivity index (χ4n) is 2.40. The van der Waals surface area contributed by atoms with Crippen molar-refractivity contribution in [1.29, 1.82) is 0 Å². The molecule has 0 unspecified atom stereocenters. The van der Waals surface area contributed by atoms with E-state index in [4.69, 9.17) is 4.74 Å². The van der Waals surface area contributed by atoms with Gasteiger partial charge in [0.05, 0.1) is 5.60 Å². The molecule has 2 heterocycles. The molecule has 76 valence electrons. The van der Waals surface area contributed by atoms with Crippen molar-refractivity contribution < 1.29 is 4.74 Å². The standard InChI is InChI=1S/C11H21NO/c1-10-3-4-11(13-9-10)5-7-12(2)8-6-11/h10H,3-9H2,1-2H3/t10-/m1/s1. The Hall–Kier alpha value is -0.0800. The van der Waals surface area contributed by atoms with E-state index in [-0.39, 0.29) is 5.60 Å². The van der Waals surface area contributed by atoms with Gasteiger partial charge in [-0.15, -0.1) is 0 Å². The van der Waals surface area contributed by atoms with Crippen molar-refractivity contribution in [2.45, 2.75) is 38.2 Å². The summed E-state index contributed by atoms with van der Waals surface area (Å²) in [6, 6.07) is 0. The Bertz CT molecular complexity index is 141. The first-order valence-electron chi connectivity index (χ1n) is 5.53. The molecule has 0 bridgehead atoms. The van der Waals surface area contributed by atoms with Crippen LogP contribution in [0.4, 0.5) is 0 Å². The highest BCUT2D eigenvalue weighted by Gasteiger charge is 2.37. The van der Waals surface area contributed by atoms with Crippen LogP contribution in [-0.2, 0) is 4.74 Å². The molecule has 0 aromatic carbocycles. The fraction of sp³-hybridized carbons (Fsp3) is 1.00. The van der Waals surface area contributed by atoms with Crippen molar-refractivity contribution in [3.05, 3.63) is 0 Å². The van der Waals surface area contributed by atoms with Crippen molar-refractivity contribution in [2.24, 2.45) is 5.92 Å². The minimum Gasteiger partial charge on any atom is -0.375 e. The van der Waals surface area contributed by atoms with E-state index < -0.39 is 0 Å². The minimum atomic E-state index is 0.277. The van der Waals surface area contributed by atoms with Crippen molar-refractivity contribution in [1.82, 2.24) is 4.90 Å². The van der Waals surface area contributed by atoms with Crippen LogP contribution in [0.3, 0.4) is 0 Å². The van der Waals surface area contributed by atoms with Gasteiger partial charge in [0.15, 0.2) is 0 Å². The Morgan fingerprint density at radius 3 is 2.46 bits per heavy atom. The summed E-state index contributed by atoms with van der Waals surface area (Å²) in [5.41, 5.74) is 0.277. The Balaban J connectivity index is 1.90. The van der Waals surface area contributed by atoms with Crippen LogP contribution < -0.4 is 0 Å². The molecule has 1 spiro atoms. The fourth-order valence-corrected chi connectivity index (χ4v) is 2.40. The summed E-state index contributed by atoms with van der Waals surface area (Å²) in [5, 5.41) is 0. The summed E-state index contributed by atoms with van der Waals surface area (Å²) in [4.78, 5) is 2.41. The average molecular weight is 183 g/mol. The first kappa shape index (κ1) is 9.47. The van der Waals surface area contributed by atoms with E-state index in [1.807, 2.05) is 0 Å². The second-order valence-corrected chi connectivity index (χ2v) is 4.94. The van der Waals surface area contributed by atoms with Gasteiger partial charge in [-0.05, 0) is 38.6 Å². The van der Waals surface area contributed by atoms with Crippen LogP contribution in [-0.4, -0.2) is 37.2 Å². The topological polar surface area (TPSA) is 12.5 Å². The molecule has 2 aliphatic rings. The predicted molar refractivity (Wildman–Crippen MR) is 53.8 cm³/mol. The molecule has 0 aromatic heterocycles. The van der Waals surface area contributed by atoms with Crippen LogP contribution in [0.5, 0.6) is 0 Å². The molecule has 2 rings (SSSR count). The molecule has 2 fully saturated rings.